The van der Waals surface area contributed by atoms with Gasteiger partial charge in [0.1, 0.15) is 11.6 Å². The Labute approximate surface area is 225 Å². The first-order chi connectivity index (χ1) is 17.7. The van der Waals surface area contributed by atoms with Gasteiger partial charge in [-0.3, -0.25) is 14.8 Å². The first-order valence-corrected chi connectivity index (χ1v) is 13.3. The first kappa shape index (κ1) is 31.4. The zero-order chi connectivity index (χ0) is 28.5. The molecule has 1 saturated carbocycles. The van der Waals surface area contributed by atoms with Crippen LogP contribution in [0.15, 0.2) is 42.5 Å². The van der Waals surface area contributed by atoms with Crippen LogP contribution in [0.4, 0.5) is 8.78 Å². The second-order valence-electron chi connectivity index (χ2n) is 11.2. The number of rotatable bonds is 7. The van der Waals surface area contributed by atoms with Crippen LogP contribution in [0.2, 0.25) is 0 Å². The Hall–Kier alpha value is -2.84. The summed E-state index contributed by atoms with van der Waals surface area (Å²) in [6, 6.07) is 12.1. The summed E-state index contributed by atoms with van der Waals surface area (Å²) < 4.78 is 24.4. The molecule has 2 aromatic rings. The van der Waals surface area contributed by atoms with Crippen LogP contribution >= 0.6 is 0 Å². The summed E-state index contributed by atoms with van der Waals surface area (Å²) in [6.45, 7) is 12.7. The van der Waals surface area contributed by atoms with Crippen molar-refractivity contribution in [2.75, 3.05) is 13.1 Å². The molecular formula is C30H43F2N3O3. The lowest BCUT2D eigenvalue weighted by Gasteiger charge is -2.43. The van der Waals surface area contributed by atoms with Crippen LogP contribution in [-0.4, -0.2) is 41.2 Å². The van der Waals surface area contributed by atoms with Crippen LogP contribution in [0, 0.1) is 18.6 Å². The maximum atomic E-state index is 12.2. The van der Waals surface area contributed by atoms with Gasteiger partial charge in [0, 0.05) is 32.0 Å². The number of aryl methyl sites for hydroxylation is 1. The van der Waals surface area contributed by atoms with Crippen molar-refractivity contribution < 1.29 is 23.6 Å². The van der Waals surface area contributed by atoms with Crippen molar-refractivity contribution in [3.63, 3.8) is 0 Å². The summed E-state index contributed by atoms with van der Waals surface area (Å²) in [5.41, 5.74) is 3.04. The Morgan fingerprint density at radius 1 is 1.03 bits per heavy atom. The highest BCUT2D eigenvalue weighted by atomic mass is 19.1. The Balaban J connectivity index is 0.000000474. The maximum absolute atomic E-state index is 12.2. The van der Waals surface area contributed by atoms with Gasteiger partial charge in [-0.05, 0) is 79.8 Å². The Morgan fingerprint density at radius 2 is 1.63 bits per heavy atom. The molecule has 0 aromatic heterocycles. The highest BCUT2D eigenvalue weighted by Crippen LogP contribution is 2.40. The molecule has 2 aromatic carbocycles. The summed E-state index contributed by atoms with van der Waals surface area (Å²) in [7, 11) is 0. The van der Waals surface area contributed by atoms with Crippen molar-refractivity contribution in [2.24, 2.45) is 0 Å². The predicted molar refractivity (Wildman–Crippen MR) is 146 cm³/mol. The molecule has 1 fully saturated rings. The molecule has 0 heterocycles. The molecule has 3 N–H and O–H groups in total. The number of amides is 2. The molecule has 0 atom stereocenters. The van der Waals surface area contributed by atoms with Crippen molar-refractivity contribution >= 4 is 11.8 Å². The van der Waals surface area contributed by atoms with E-state index in [-0.39, 0.29) is 28.8 Å². The van der Waals surface area contributed by atoms with Crippen molar-refractivity contribution in [3.8, 4) is 0 Å². The molecule has 3 rings (SSSR count). The number of hydrogen-bond acceptors (Lipinski definition) is 4. The number of nitrogens with zero attached hydrogens (tertiary/aromatic N) is 1. The van der Waals surface area contributed by atoms with Gasteiger partial charge >= 0.3 is 0 Å². The third-order valence-electron chi connectivity index (χ3n) is 6.96. The lowest BCUT2D eigenvalue weighted by Crippen LogP contribution is -2.50. The van der Waals surface area contributed by atoms with Gasteiger partial charge in [-0.15, -0.1) is 0 Å². The van der Waals surface area contributed by atoms with E-state index in [1.807, 2.05) is 0 Å². The number of halogens is 2. The first-order valence-electron chi connectivity index (χ1n) is 13.3. The van der Waals surface area contributed by atoms with E-state index in [0.29, 0.717) is 12.1 Å². The van der Waals surface area contributed by atoms with E-state index in [0.717, 1.165) is 49.8 Å². The Bertz CT molecular complexity index is 1030. The molecule has 0 radical (unpaired) electrons. The van der Waals surface area contributed by atoms with Crippen molar-refractivity contribution in [3.05, 3.63) is 70.8 Å². The summed E-state index contributed by atoms with van der Waals surface area (Å²) in [5, 5.41) is 17.6. The third-order valence-corrected chi connectivity index (χ3v) is 6.96. The van der Waals surface area contributed by atoms with Gasteiger partial charge in [-0.1, -0.05) is 45.0 Å². The van der Waals surface area contributed by atoms with E-state index < -0.39 is 11.6 Å². The standard InChI is InChI=1S/C23H37N3O3.C7H6F2/c1-17(27)24-14-7-15-25-23(12-10-21(11-13-23)26(29)18(2)28)20-9-6-8-19(16-20)22(3,4)5;1-5-2-6(8)4-7(9)3-5/h6,8-9,16,21,25,29H,7,10-15H2,1-5H3,(H,24,27);2-4H,1H3. The minimum atomic E-state index is -0.521. The number of nitrogens with one attached hydrogen (secondary N) is 2. The SMILES string of the molecule is CC(=O)NCCCNC1(c2cccc(C(C)(C)C)c2)CCC(N(O)C(C)=O)CC1.Cc1cc(F)cc(F)c1. The van der Waals surface area contributed by atoms with Crippen molar-refractivity contribution in [1.82, 2.24) is 15.7 Å². The highest BCUT2D eigenvalue weighted by molar-refractivity contribution is 5.72. The van der Waals surface area contributed by atoms with Crippen LogP contribution in [-0.2, 0) is 20.5 Å². The average Bonchev–Trinajstić information content (AvgIpc) is 2.82. The second-order valence-corrected chi connectivity index (χ2v) is 11.2. The lowest BCUT2D eigenvalue weighted by atomic mass is 9.73. The average molecular weight is 532 g/mol. The quantitative estimate of drug-likeness (QED) is 0.241. The fourth-order valence-electron chi connectivity index (χ4n) is 4.82. The van der Waals surface area contributed by atoms with E-state index in [1.165, 1.54) is 37.1 Å². The van der Waals surface area contributed by atoms with Gasteiger partial charge in [-0.2, -0.15) is 0 Å². The van der Waals surface area contributed by atoms with Gasteiger partial charge in [0.15, 0.2) is 0 Å². The van der Waals surface area contributed by atoms with Gasteiger partial charge in [-0.25, -0.2) is 13.8 Å². The summed E-state index contributed by atoms with van der Waals surface area (Å²) in [4.78, 5) is 22.6. The summed E-state index contributed by atoms with van der Waals surface area (Å²) >= 11 is 0. The second kappa shape index (κ2) is 13.8. The number of benzene rings is 2. The number of carbonyl (C=O) groups excluding carboxylic acids is 2. The van der Waals surface area contributed by atoms with Crippen LogP contribution in [0.1, 0.15) is 83.4 Å². The zero-order valence-corrected chi connectivity index (χ0v) is 23.5. The highest BCUT2D eigenvalue weighted by Gasteiger charge is 2.39. The van der Waals surface area contributed by atoms with Crippen molar-refractivity contribution in [2.45, 2.75) is 90.6 Å². The predicted octanol–water partition coefficient (Wildman–Crippen LogP) is 5.75. The van der Waals surface area contributed by atoms with Gasteiger partial charge in [0.2, 0.25) is 11.8 Å². The van der Waals surface area contributed by atoms with Gasteiger partial charge in [0.25, 0.3) is 0 Å². The van der Waals surface area contributed by atoms with Crippen LogP contribution in [0.3, 0.4) is 0 Å². The van der Waals surface area contributed by atoms with E-state index >= 15 is 0 Å². The van der Waals surface area contributed by atoms with Crippen molar-refractivity contribution in [1.29, 1.82) is 0 Å². The van der Waals surface area contributed by atoms with E-state index in [2.05, 4.69) is 55.7 Å². The molecule has 8 heteroatoms. The minimum absolute atomic E-state index is 0.00892. The summed E-state index contributed by atoms with van der Waals surface area (Å²) in [5.74, 6) is -1.36. The minimum Gasteiger partial charge on any atom is -0.356 e. The Morgan fingerprint density at radius 3 is 2.13 bits per heavy atom. The molecule has 0 bridgehead atoms. The topological polar surface area (TPSA) is 81.7 Å². The smallest absolute Gasteiger partial charge is 0.243 e. The van der Waals surface area contributed by atoms with Gasteiger partial charge in [0.05, 0.1) is 6.04 Å². The molecule has 0 unspecified atom stereocenters. The third kappa shape index (κ3) is 9.48. The number of hydrogen-bond donors (Lipinski definition) is 3. The fraction of sp³-hybridized carbons (Fsp3) is 0.533. The molecule has 0 aliphatic heterocycles. The molecule has 210 valence electrons. The zero-order valence-electron chi connectivity index (χ0n) is 23.5. The molecule has 38 heavy (non-hydrogen) atoms. The number of hydroxylamine groups is 2. The summed E-state index contributed by atoms with van der Waals surface area (Å²) in [6.07, 6.45) is 4.03. The molecule has 0 spiro atoms. The normalized spacial score (nSPS) is 19.2. The van der Waals surface area contributed by atoms with E-state index in [1.54, 1.807) is 6.92 Å². The van der Waals surface area contributed by atoms with E-state index in [9.17, 15) is 23.6 Å². The molecule has 6 nitrogen and oxygen atoms in total. The fourth-order valence-corrected chi connectivity index (χ4v) is 4.82. The lowest BCUT2D eigenvalue weighted by molar-refractivity contribution is -0.177. The monoisotopic (exact) mass is 531 g/mol. The molecular weight excluding hydrogens is 488 g/mol. The van der Waals surface area contributed by atoms with E-state index in [4.69, 9.17) is 0 Å². The van der Waals surface area contributed by atoms with Crippen LogP contribution < -0.4 is 10.6 Å². The molecule has 1 aliphatic carbocycles. The Kier molecular flexibility index (Phi) is 11.4. The van der Waals surface area contributed by atoms with Crippen LogP contribution in [0.25, 0.3) is 0 Å². The number of carbonyl (C=O) groups is 2. The van der Waals surface area contributed by atoms with Crippen LogP contribution in [0.5, 0.6) is 0 Å². The molecule has 2 amide bonds. The molecule has 0 saturated heterocycles. The van der Waals surface area contributed by atoms with Gasteiger partial charge < -0.3 is 10.6 Å². The largest absolute Gasteiger partial charge is 0.356 e. The maximum Gasteiger partial charge on any atom is 0.243 e. The molecule has 1 aliphatic rings.